The number of aryl methyl sites for hydroxylation is 2. The molecule has 200 valence electrons. The summed E-state index contributed by atoms with van der Waals surface area (Å²) >= 11 is 0. The fraction of sp³-hybridized carbons (Fsp3) is 0.586. The number of nitrogens with zero attached hydrogens (tertiary/aromatic N) is 7. The topological polar surface area (TPSA) is 95.1 Å². The number of nitriles is 1. The van der Waals surface area contributed by atoms with Crippen molar-refractivity contribution in [2.75, 3.05) is 42.9 Å². The van der Waals surface area contributed by atoms with Gasteiger partial charge in [-0.05, 0) is 75.9 Å². The first kappa shape index (κ1) is 24.9. The summed E-state index contributed by atoms with van der Waals surface area (Å²) in [5.74, 6) is 3.15. The maximum absolute atomic E-state index is 9.03. The highest BCUT2D eigenvalue weighted by molar-refractivity contribution is 5.89. The van der Waals surface area contributed by atoms with Crippen LogP contribution in [0, 0.1) is 24.2 Å². The van der Waals surface area contributed by atoms with E-state index in [2.05, 4.69) is 26.3 Å². The fourth-order valence-electron chi connectivity index (χ4n) is 6.63. The number of fused-ring (bicyclic) bond motifs is 1. The molecule has 0 spiro atoms. The minimum absolute atomic E-state index is 0.146. The van der Waals surface area contributed by atoms with E-state index in [-0.39, 0.29) is 6.10 Å². The van der Waals surface area contributed by atoms with Crippen molar-refractivity contribution in [3.05, 3.63) is 35.5 Å². The van der Waals surface area contributed by atoms with Gasteiger partial charge in [0.15, 0.2) is 5.82 Å². The van der Waals surface area contributed by atoms with Gasteiger partial charge in [-0.2, -0.15) is 15.3 Å². The largest absolute Gasteiger partial charge is 0.490 e. The summed E-state index contributed by atoms with van der Waals surface area (Å²) in [7, 11) is 1.98. The lowest BCUT2D eigenvalue weighted by Crippen LogP contribution is -2.39. The van der Waals surface area contributed by atoms with Crippen molar-refractivity contribution in [2.24, 2.45) is 13.0 Å². The van der Waals surface area contributed by atoms with Crippen molar-refractivity contribution in [2.45, 2.75) is 64.0 Å². The average Bonchev–Trinajstić information content (AvgIpc) is 3.69. The van der Waals surface area contributed by atoms with Crippen LogP contribution in [0.15, 0.2) is 24.3 Å². The van der Waals surface area contributed by atoms with Crippen molar-refractivity contribution in [3.8, 4) is 11.8 Å². The maximum Gasteiger partial charge on any atom is 0.225 e. The molecule has 6 rings (SSSR count). The van der Waals surface area contributed by atoms with Crippen LogP contribution in [-0.2, 0) is 7.05 Å². The smallest absolute Gasteiger partial charge is 0.225 e. The molecule has 3 aromatic rings. The van der Waals surface area contributed by atoms with Gasteiger partial charge in [0.2, 0.25) is 5.95 Å². The molecule has 2 aromatic heterocycles. The second kappa shape index (κ2) is 10.8. The number of ether oxygens (including phenoxy) is 1. The summed E-state index contributed by atoms with van der Waals surface area (Å²) in [6.45, 7) is 7.18. The fourth-order valence-corrected chi connectivity index (χ4v) is 6.63. The van der Waals surface area contributed by atoms with Crippen molar-refractivity contribution in [1.82, 2.24) is 24.6 Å². The van der Waals surface area contributed by atoms with Gasteiger partial charge in [-0.25, -0.2) is 4.98 Å². The Hall–Kier alpha value is -3.38. The van der Waals surface area contributed by atoms with E-state index in [1.165, 1.54) is 45.2 Å². The molecule has 4 heterocycles. The highest BCUT2D eigenvalue weighted by Crippen LogP contribution is 2.33. The number of anilines is 2. The highest BCUT2D eigenvalue weighted by atomic mass is 16.5. The third kappa shape index (κ3) is 5.02. The van der Waals surface area contributed by atoms with E-state index in [0.29, 0.717) is 23.5 Å². The Labute approximate surface area is 224 Å². The van der Waals surface area contributed by atoms with Crippen molar-refractivity contribution < 1.29 is 4.74 Å². The standard InChI is InChI=1S/C29H38N8O/c1-20-26-27(35(2)34-20)28(37-16-12-24(13-17-37)38-23-10-8-21(18-30)9-11-23)33-29(32-26)31-19-22-6-5-7-25(22)36-14-3-4-15-36/h8-11,22,24-25H,3-7,12-17,19H2,1-2H3,(H,31,32,33)/t22-,25+/m0/s1. The van der Waals surface area contributed by atoms with E-state index in [0.717, 1.165) is 60.8 Å². The minimum atomic E-state index is 0.146. The van der Waals surface area contributed by atoms with E-state index in [1.807, 2.05) is 30.8 Å². The Balaban J connectivity index is 1.16. The molecule has 2 saturated heterocycles. The molecule has 1 aromatic carbocycles. The summed E-state index contributed by atoms with van der Waals surface area (Å²) in [5.41, 5.74) is 3.51. The van der Waals surface area contributed by atoms with Crippen LogP contribution in [0.4, 0.5) is 11.8 Å². The Morgan fingerprint density at radius 1 is 1.00 bits per heavy atom. The molecule has 2 atom stereocenters. The first-order valence-corrected chi connectivity index (χ1v) is 14.2. The quantitative estimate of drug-likeness (QED) is 0.500. The molecule has 38 heavy (non-hydrogen) atoms. The van der Waals surface area contributed by atoms with E-state index >= 15 is 0 Å². The zero-order valence-corrected chi connectivity index (χ0v) is 22.6. The third-order valence-corrected chi connectivity index (χ3v) is 8.61. The lowest BCUT2D eigenvalue weighted by molar-refractivity contribution is 0.171. The summed E-state index contributed by atoms with van der Waals surface area (Å²) in [5, 5.41) is 17.3. The van der Waals surface area contributed by atoms with Gasteiger partial charge >= 0.3 is 0 Å². The van der Waals surface area contributed by atoms with Gasteiger partial charge < -0.3 is 19.9 Å². The molecule has 3 aliphatic rings. The van der Waals surface area contributed by atoms with E-state index in [4.69, 9.17) is 20.0 Å². The molecule has 0 radical (unpaired) electrons. The van der Waals surface area contributed by atoms with Crippen LogP contribution >= 0.6 is 0 Å². The van der Waals surface area contributed by atoms with Crippen LogP contribution < -0.4 is 15.0 Å². The molecule has 3 fully saturated rings. The summed E-state index contributed by atoms with van der Waals surface area (Å²) in [6.07, 6.45) is 8.56. The molecule has 9 nitrogen and oxygen atoms in total. The van der Waals surface area contributed by atoms with E-state index in [1.54, 1.807) is 12.1 Å². The molecular weight excluding hydrogens is 476 g/mol. The molecular formula is C29H38N8O. The first-order chi connectivity index (χ1) is 18.6. The normalized spacial score (nSPS) is 22.7. The van der Waals surface area contributed by atoms with Crippen LogP contribution in [-0.4, -0.2) is 69.5 Å². The van der Waals surface area contributed by atoms with Crippen LogP contribution in [0.25, 0.3) is 11.0 Å². The number of piperidine rings is 1. The van der Waals surface area contributed by atoms with Gasteiger partial charge in [-0.1, -0.05) is 6.42 Å². The van der Waals surface area contributed by atoms with Gasteiger partial charge in [0.25, 0.3) is 0 Å². The number of likely N-dealkylation sites (tertiary alicyclic amines) is 1. The van der Waals surface area contributed by atoms with Gasteiger partial charge in [-0.3, -0.25) is 4.68 Å². The number of aromatic nitrogens is 4. The zero-order valence-electron chi connectivity index (χ0n) is 22.6. The van der Waals surface area contributed by atoms with Crippen molar-refractivity contribution in [3.63, 3.8) is 0 Å². The van der Waals surface area contributed by atoms with Gasteiger partial charge in [-0.15, -0.1) is 0 Å². The zero-order chi connectivity index (χ0) is 26.1. The summed E-state index contributed by atoms with van der Waals surface area (Å²) in [4.78, 5) is 15.1. The lowest BCUT2D eigenvalue weighted by Gasteiger charge is -2.33. The Bertz CT molecular complexity index is 1300. The predicted molar refractivity (Wildman–Crippen MR) is 148 cm³/mol. The molecule has 2 aliphatic heterocycles. The molecule has 9 heteroatoms. The Kier molecular flexibility index (Phi) is 7.07. The summed E-state index contributed by atoms with van der Waals surface area (Å²) in [6, 6.07) is 10.2. The minimum Gasteiger partial charge on any atom is -0.490 e. The van der Waals surface area contributed by atoms with Crippen LogP contribution in [0.2, 0.25) is 0 Å². The monoisotopic (exact) mass is 514 g/mol. The van der Waals surface area contributed by atoms with Crippen LogP contribution in [0.5, 0.6) is 5.75 Å². The highest BCUT2D eigenvalue weighted by Gasteiger charge is 2.33. The lowest BCUT2D eigenvalue weighted by atomic mass is 10.0. The van der Waals surface area contributed by atoms with Crippen molar-refractivity contribution in [1.29, 1.82) is 5.26 Å². The maximum atomic E-state index is 9.03. The summed E-state index contributed by atoms with van der Waals surface area (Å²) < 4.78 is 8.14. The molecule has 1 saturated carbocycles. The number of benzene rings is 1. The van der Waals surface area contributed by atoms with Crippen LogP contribution in [0.3, 0.4) is 0 Å². The van der Waals surface area contributed by atoms with Gasteiger partial charge in [0, 0.05) is 45.6 Å². The van der Waals surface area contributed by atoms with E-state index in [9.17, 15) is 0 Å². The molecule has 0 unspecified atom stereocenters. The Morgan fingerprint density at radius 2 is 1.76 bits per heavy atom. The number of hydrogen-bond donors (Lipinski definition) is 1. The second-order valence-electron chi connectivity index (χ2n) is 11.1. The molecule has 0 bridgehead atoms. The van der Waals surface area contributed by atoms with Crippen molar-refractivity contribution >= 4 is 22.8 Å². The average molecular weight is 515 g/mol. The number of hydrogen-bond acceptors (Lipinski definition) is 8. The SMILES string of the molecule is Cc1nn(C)c2c(N3CCC(Oc4ccc(C#N)cc4)CC3)nc(NC[C@@H]3CCC[C@H]3N3CCCC3)nc12. The molecule has 1 aliphatic carbocycles. The number of nitrogens with one attached hydrogen (secondary N) is 1. The molecule has 0 amide bonds. The molecule has 1 N–H and O–H groups in total. The van der Waals surface area contributed by atoms with Gasteiger partial charge in [0.05, 0.1) is 17.3 Å². The van der Waals surface area contributed by atoms with E-state index < -0.39 is 0 Å². The second-order valence-corrected chi connectivity index (χ2v) is 11.1. The van der Waals surface area contributed by atoms with Crippen LogP contribution in [0.1, 0.15) is 56.2 Å². The third-order valence-electron chi connectivity index (χ3n) is 8.61. The first-order valence-electron chi connectivity index (χ1n) is 14.2. The number of rotatable bonds is 7. The predicted octanol–water partition coefficient (Wildman–Crippen LogP) is 4.27. The van der Waals surface area contributed by atoms with Gasteiger partial charge in [0.1, 0.15) is 22.9 Å². The Morgan fingerprint density at radius 3 is 2.50 bits per heavy atom.